The molecule has 198 valence electrons. The zero-order valence-corrected chi connectivity index (χ0v) is 20.8. The number of halogens is 2. The van der Waals surface area contributed by atoms with Gasteiger partial charge in [-0.3, -0.25) is 0 Å². The monoisotopic (exact) mass is 499 g/mol. The number of nitrogens with one attached hydrogen (secondary N) is 2. The van der Waals surface area contributed by atoms with Crippen molar-refractivity contribution in [2.24, 2.45) is 0 Å². The highest BCUT2D eigenvalue weighted by atomic mass is 19.3. The van der Waals surface area contributed by atoms with E-state index in [1.165, 1.54) is 5.56 Å². The van der Waals surface area contributed by atoms with Gasteiger partial charge in [-0.1, -0.05) is 6.07 Å². The molecule has 35 heavy (non-hydrogen) atoms. The molecule has 1 aliphatic rings. The lowest BCUT2D eigenvalue weighted by Gasteiger charge is -2.26. The quantitative estimate of drug-likeness (QED) is 0.300. The molecule has 0 aliphatic carbocycles. The van der Waals surface area contributed by atoms with Gasteiger partial charge in [0.1, 0.15) is 11.9 Å². The van der Waals surface area contributed by atoms with E-state index < -0.39 is 31.0 Å². The molecule has 1 aliphatic heterocycles. The molecule has 0 unspecified atom stereocenters. The van der Waals surface area contributed by atoms with Crippen molar-refractivity contribution in [1.29, 1.82) is 0 Å². The first-order chi connectivity index (χ1) is 16.8. The Hall–Kier alpha value is -2.53. The van der Waals surface area contributed by atoms with E-state index in [2.05, 4.69) is 27.7 Å². The molecule has 2 amide bonds. The molecule has 2 rings (SSSR count). The van der Waals surface area contributed by atoms with Crippen molar-refractivity contribution in [2.45, 2.75) is 57.9 Å². The van der Waals surface area contributed by atoms with Crippen LogP contribution in [0.3, 0.4) is 0 Å². The van der Waals surface area contributed by atoms with E-state index in [4.69, 9.17) is 9.72 Å². The Bertz CT molecular complexity index is 799. The van der Waals surface area contributed by atoms with Gasteiger partial charge in [-0.25, -0.2) is 23.4 Å². The third-order valence-corrected chi connectivity index (χ3v) is 6.08. The van der Waals surface area contributed by atoms with Crippen molar-refractivity contribution < 1.29 is 28.2 Å². The summed E-state index contributed by atoms with van der Waals surface area (Å²) in [6.45, 7) is 4.17. The molecule has 0 radical (unpaired) electrons. The fourth-order valence-electron chi connectivity index (χ4n) is 4.04. The van der Waals surface area contributed by atoms with E-state index in [-0.39, 0.29) is 13.0 Å². The van der Waals surface area contributed by atoms with Crippen molar-refractivity contribution in [3.05, 3.63) is 23.4 Å². The van der Waals surface area contributed by atoms with Crippen molar-refractivity contribution in [1.82, 2.24) is 20.1 Å². The fraction of sp³-hybridized carbons (Fsp3) is 0.708. The molecule has 1 atom stereocenters. The molecule has 1 aromatic heterocycles. The molecule has 0 bridgehead atoms. The number of ether oxygens (including phenoxy) is 1. The van der Waals surface area contributed by atoms with Gasteiger partial charge in [0, 0.05) is 39.0 Å². The van der Waals surface area contributed by atoms with E-state index in [9.17, 15) is 23.5 Å². The molecule has 0 aromatic carbocycles. The minimum atomic E-state index is -2.68. The van der Waals surface area contributed by atoms with E-state index >= 15 is 0 Å². The first kappa shape index (κ1) is 28.7. The second-order valence-electron chi connectivity index (χ2n) is 8.69. The van der Waals surface area contributed by atoms with Crippen LogP contribution in [0.1, 0.15) is 43.9 Å². The van der Waals surface area contributed by atoms with Gasteiger partial charge >= 0.3 is 12.0 Å². The van der Waals surface area contributed by atoms with Crippen LogP contribution in [0.25, 0.3) is 0 Å². The van der Waals surface area contributed by atoms with Crippen LogP contribution in [0.4, 0.5) is 19.4 Å². The number of carbonyl (C=O) groups is 2. The predicted octanol–water partition coefficient (Wildman–Crippen LogP) is 2.85. The number of fused-ring (bicyclic) bond motifs is 1. The molecule has 0 saturated carbocycles. The summed E-state index contributed by atoms with van der Waals surface area (Å²) in [6, 6.07) is 2.28. The van der Waals surface area contributed by atoms with Crippen molar-refractivity contribution >= 4 is 17.8 Å². The predicted molar refractivity (Wildman–Crippen MR) is 130 cm³/mol. The van der Waals surface area contributed by atoms with E-state index in [0.717, 1.165) is 61.6 Å². The van der Waals surface area contributed by atoms with Crippen LogP contribution >= 0.6 is 0 Å². The summed E-state index contributed by atoms with van der Waals surface area (Å²) >= 11 is 0. The Morgan fingerprint density at radius 3 is 2.74 bits per heavy atom. The summed E-state index contributed by atoms with van der Waals surface area (Å²) in [5, 5.41) is 15.3. The summed E-state index contributed by atoms with van der Waals surface area (Å²) in [5.41, 5.74) is 2.32. The highest BCUT2D eigenvalue weighted by Crippen LogP contribution is 2.20. The molecule has 0 spiro atoms. The Labute approximate surface area is 206 Å². The average Bonchev–Trinajstić information content (AvgIpc) is 2.84. The number of aromatic nitrogens is 1. The first-order valence-corrected chi connectivity index (χ1v) is 12.3. The summed E-state index contributed by atoms with van der Waals surface area (Å²) in [5.74, 6) is -0.197. The molecule has 9 nitrogen and oxygen atoms in total. The Morgan fingerprint density at radius 2 is 2.06 bits per heavy atom. The molecule has 1 aromatic rings. The van der Waals surface area contributed by atoms with Gasteiger partial charge in [0.25, 0.3) is 6.43 Å². The van der Waals surface area contributed by atoms with E-state index in [1.807, 2.05) is 0 Å². The van der Waals surface area contributed by atoms with Crippen LogP contribution < -0.4 is 10.6 Å². The summed E-state index contributed by atoms with van der Waals surface area (Å²) in [7, 11) is 1.61. The van der Waals surface area contributed by atoms with Gasteiger partial charge in [-0.2, -0.15) is 0 Å². The highest BCUT2D eigenvalue weighted by molar-refractivity contribution is 5.82. The number of alkyl halides is 2. The molecule has 0 saturated heterocycles. The molecule has 3 N–H and O–H groups in total. The Kier molecular flexibility index (Phi) is 12.7. The Balaban J connectivity index is 1.82. The lowest BCUT2D eigenvalue weighted by atomic mass is 10.1. The summed E-state index contributed by atoms with van der Waals surface area (Å²) in [4.78, 5) is 31.7. The molecular weight excluding hydrogens is 460 g/mol. The zero-order valence-electron chi connectivity index (χ0n) is 20.8. The minimum absolute atomic E-state index is 0.0671. The van der Waals surface area contributed by atoms with Crippen molar-refractivity contribution in [3.8, 4) is 0 Å². The molecule has 0 fully saturated rings. The Morgan fingerprint density at radius 1 is 1.26 bits per heavy atom. The number of hydrogen-bond acceptors (Lipinski definition) is 6. The highest BCUT2D eigenvalue weighted by Gasteiger charge is 2.24. The van der Waals surface area contributed by atoms with Gasteiger partial charge in [0.2, 0.25) is 0 Å². The van der Waals surface area contributed by atoms with Crippen LogP contribution in [0.2, 0.25) is 0 Å². The lowest BCUT2D eigenvalue weighted by Crippen LogP contribution is -2.50. The maximum atomic E-state index is 12.7. The van der Waals surface area contributed by atoms with Gasteiger partial charge in [-0.15, -0.1) is 0 Å². The average molecular weight is 500 g/mol. The normalized spacial score (nSPS) is 13.9. The number of nitrogens with zero attached hydrogens (tertiary/aromatic N) is 3. The number of pyridine rings is 1. The smallest absolute Gasteiger partial charge is 0.326 e. The van der Waals surface area contributed by atoms with Crippen molar-refractivity contribution in [3.63, 3.8) is 0 Å². The van der Waals surface area contributed by atoms with Gasteiger partial charge in [0.15, 0.2) is 0 Å². The van der Waals surface area contributed by atoms with Crippen molar-refractivity contribution in [2.75, 3.05) is 58.3 Å². The van der Waals surface area contributed by atoms with Crippen LogP contribution in [-0.2, 0) is 22.4 Å². The lowest BCUT2D eigenvalue weighted by molar-refractivity contribution is -0.139. The molecule has 11 heteroatoms. The van der Waals surface area contributed by atoms with Crippen LogP contribution in [0.5, 0.6) is 0 Å². The van der Waals surface area contributed by atoms with Gasteiger partial charge < -0.3 is 30.3 Å². The number of hydrogen-bond donors (Lipinski definition) is 3. The number of anilines is 1. The van der Waals surface area contributed by atoms with Crippen LogP contribution in [0.15, 0.2) is 12.1 Å². The maximum Gasteiger partial charge on any atom is 0.326 e. The minimum Gasteiger partial charge on any atom is -0.480 e. The second-order valence-corrected chi connectivity index (χ2v) is 8.69. The third kappa shape index (κ3) is 10.3. The number of carbonyl (C=O) groups excluding carboxylic acids is 1. The number of urea groups is 1. The first-order valence-electron chi connectivity index (χ1n) is 12.3. The van der Waals surface area contributed by atoms with Gasteiger partial charge in [-0.05, 0) is 63.6 Å². The summed E-state index contributed by atoms with van der Waals surface area (Å²) < 4.78 is 30.5. The SMILES string of the molecule is CCN(CC(F)F)C(=O)N[C@@H](CCN(CCCCc1ccc2c(n1)NCCC2)CCOC)C(=O)O. The number of amides is 2. The second kappa shape index (κ2) is 15.5. The maximum absolute atomic E-state index is 12.7. The van der Waals surface area contributed by atoms with Crippen LogP contribution in [-0.4, -0.2) is 97.3 Å². The molecule has 2 heterocycles. The number of aliphatic carboxylic acids is 1. The summed E-state index contributed by atoms with van der Waals surface area (Å²) in [6.07, 6.45) is 2.37. The largest absolute Gasteiger partial charge is 0.480 e. The fourth-order valence-corrected chi connectivity index (χ4v) is 4.04. The zero-order chi connectivity index (χ0) is 25.6. The number of methoxy groups -OCH3 is 1. The molecular formula is C24H39F2N5O4. The number of carboxylic acids is 1. The standard InChI is InChI=1S/C24H39F2N5O4/c1-3-31(17-21(25)26)24(34)29-20(23(32)33)11-14-30(15-16-35-2)13-5-4-8-19-10-9-18-7-6-12-27-22(18)28-19/h9-10,20-21H,3-8,11-17H2,1-2H3,(H,27,28)(H,29,34)(H,32,33)/t20-/m0/s1. The van der Waals surface area contributed by atoms with Gasteiger partial charge in [0.05, 0.1) is 13.2 Å². The number of carboxylic acid groups (broad SMARTS) is 1. The third-order valence-electron chi connectivity index (χ3n) is 6.08. The van der Waals surface area contributed by atoms with Crippen LogP contribution in [0, 0.1) is 0 Å². The van der Waals surface area contributed by atoms with E-state index in [1.54, 1.807) is 14.0 Å². The number of rotatable bonds is 16. The topological polar surface area (TPSA) is 107 Å². The van der Waals surface area contributed by atoms with E-state index in [0.29, 0.717) is 19.7 Å². The number of unbranched alkanes of at least 4 members (excludes halogenated alkanes) is 1. The number of aryl methyl sites for hydroxylation is 2.